The Balaban J connectivity index is 1.40. The minimum absolute atomic E-state index is 0.0266. The molecule has 3 heterocycles. The van der Waals surface area contributed by atoms with Crippen LogP contribution in [0.5, 0.6) is 0 Å². The van der Waals surface area contributed by atoms with Gasteiger partial charge >= 0.3 is 0 Å². The van der Waals surface area contributed by atoms with Crippen molar-refractivity contribution in [3.8, 4) is 0 Å². The van der Waals surface area contributed by atoms with Gasteiger partial charge in [-0.25, -0.2) is 4.98 Å². The molecule has 0 aromatic carbocycles. The number of methoxy groups -OCH3 is 1. The van der Waals surface area contributed by atoms with Crippen molar-refractivity contribution < 1.29 is 14.3 Å². The minimum atomic E-state index is -0.693. The summed E-state index contributed by atoms with van der Waals surface area (Å²) in [4.78, 5) is 19.6. The zero-order valence-corrected chi connectivity index (χ0v) is 16.1. The predicted octanol–water partition coefficient (Wildman–Crippen LogP) is 1.98. The summed E-state index contributed by atoms with van der Waals surface area (Å²) in [6.45, 7) is 7.06. The van der Waals surface area contributed by atoms with Crippen molar-refractivity contribution in [3.05, 3.63) is 16.1 Å². The van der Waals surface area contributed by atoms with Gasteiger partial charge in [-0.05, 0) is 38.8 Å². The first-order valence-electron chi connectivity index (χ1n) is 9.16. The predicted molar refractivity (Wildman–Crippen MR) is 97.7 cm³/mol. The van der Waals surface area contributed by atoms with Gasteiger partial charge in [-0.15, -0.1) is 11.3 Å². The molecule has 0 saturated carbocycles. The van der Waals surface area contributed by atoms with E-state index in [2.05, 4.69) is 20.6 Å². The van der Waals surface area contributed by atoms with Crippen LogP contribution < -0.4 is 5.32 Å². The minimum Gasteiger partial charge on any atom is -0.381 e. The van der Waals surface area contributed by atoms with E-state index in [1.165, 1.54) is 5.69 Å². The van der Waals surface area contributed by atoms with E-state index < -0.39 is 5.60 Å². The highest BCUT2D eigenvalue weighted by atomic mass is 32.1. The van der Waals surface area contributed by atoms with Crippen molar-refractivity contribution in [1.82, 2.24) is 15.2 Å². The monoisotopic (exact) mass is 367 g/mol. The third kappa shape index (κ3) is 4.78. The van der Waals surface area contributed by atoms with Crippen LogP contribution >= 0.6 is 11.3 Å². The smallest absolute Gasteiger partial charge is 0.252 e. The van der Waals surface area contributed by atoms with Crippen molar-refractivity contribution in [2.24, 2.45) is 5.92 Å². The molecule has 0 unspecified atom stereocenters. The van der Waals surface area contributed by atoms with E-state index in [9.17, 15) is 4.79 Å². The van der Waals surface area contributed by atoms with Crippen LogP contribution in [0, 0.1) is 12.8 Å². The zero-order valence-electron chi connectivity index (χ0n) is 15.3. The summed E-state index contributed by atoms with van der Waals surface area (Å²) in [5, 5.41) is 6.42. The Labute approximate surface area is 153 Å². The molecule has 2 aliphatic heterocycles. The highest BCUT2D eigenvalue weighted by Gasteiger charge is 2.40. The Morgan fingerprint density at radius 1 is 1.44 bits per heavy atom. The van der Waals surface area contributed by atoms with Crippen LogP contribution in [0.3, 0.4) is 0 Å². The fourth-order valence-electron chi connectivity index (χ4n) is 3.68. The fourth-order valence-corrected chi connectivity index (χ4v) is 4.29. The number of nitrogens with one attached hydrogen (secondary N) is 1. The number of nitrogens with zero attached hydrogens (tertiary/aromatic N) is 2. The summed E-state index contributed by atoms with van der Waals surface area (Å²) >= 11 is 1.71. The van der Waals surface area contributed by atoms with Crippen molar-refractivity contribution in [1.29, 1.82) is 0 Å². The van der Waals surface area contributed by atoms with E-state index in [0.717, 1.165) is 44.0 Å². The van der Waals surface area contributed by atoms with Crippen molar-refractivity contribution in [2.75, 3.05) is 40.0 Å². The maximum atomic E-state index is 12.6. The quantitative estimate of drug-likeness (QED) is 0.833. The standard InChI is InChI=1S/C18H29N3O3S/c1-14-20-16(13-25-14)12-21-7-3-15(4-8-21)11-19-17(22)18(23-2)5-9-24-10-6-18/h13,15H,3-12H2,1-2H3,(H,19,22). The number of carbonyl (C=O) groups is 1. The molecule has 1 N–H and O–H groups in total. The highest BCUT2D eigenvalue weighted by Crippen LogP contribution is 2.25. The second kappa shape index (κ2) is 8.58. The number of aryl methyl sites for hydroxylation is 1. The van der Waals surface area contributed by atoms with E-state index in [0.29, 0.717) is 32.0 Å². The summed E-state index contributed by atoms with van der Waals surface area (Å²) < 4.78 is 10.9. The lowest BCUT2D eigenvalue weighted by Gasteiger charge is -2.36. The van der Waals surface area contributed by atoms with Gasteiger partial charge in [0, 0.05) is 51.6 Å². The van der Waals surface area contributed by atoms with E-state index in [1.807, 2.05) is 6.92 Å². The topological polar surface area (TPSA) is 63.7 Å². The molecule has 0 aliphatic carbocycles. The van der Waals surface area contributed by atoms with Gasteiger partial charge in [0.25, 0.3) is 5.91 Å². The Bertz CT molecular complexity index is 564. The largest absolute Gasteiger partial charge is 0.381 e. The molecule has 0 bridgehead atoms. The van der Waals surface area contributed by atoms with Crippen LogP contribution in [0.1, 0.15) is 36.4 Å². The highest BCUT2D eigenvalue weighted by molar-refractivity contribution is 7.09. The normalized spacial score (nSPS) is 22.0. The summed E-state index contributed by atoms with van der Waals surface area (Å²) in [5.41, 5.74) is 0.484. The van der Waals surface area contributed by atoms with Gasteiger partial charge in [0.1, 0.15) is 0 Å². The summed E-state index contributed by atoms with van der Waals surface area (Å²) in [6.07, 6.45) is 3.51. The third-order valence-electron chi connectivity index (χ3n) is 5.42. The molecule has 2 aliphatic rings. The molecule has 3 rings (SSSR count). The number of carbonyl (C=O) groups excluding carboxylic acids is 1. The van der Waals surface area contributed by atoms with Crippen LogP contribution in [-0.2, 0) is 20.8 Å². The molecule has 140 valence electrons. The molecule has 1 amide bonds. The Morgan fingerprint density at radius 2 is 2.16 bits per heavy atom. The van der Waals surface area contributed by atoms with Crippen molar-refractivity contribution >= 4 is 17.2 Å². The zero-order chi connectivity index (χ0) is 17.7. The van der Waals surface area contributed by atoms with Gasteiger partial charge in [-0.3, -0.25) is 9.69 Å². The average molecular weight is 368 g/mol. The molecule has 2 saturated heterocycles. The van der Waals surface area contributed by atoms with Gasteiger partial charge in [-0.1, -0.05) is 0 Å². The summed E-state index contributed by atoms with van der Waals surface area (Å²) in [6, 6.07) is 0. The fraction of sp³-hybridized carbons (Fsp3) is 0.778. The molecule has 2 fully saturated rings. The molecular weight excluding hydrogens is 338 g/mol. The van der Waals surface area contributed by atoms with Gasteiger partial charge in [0.15, 0.2) is 5.60 Å². The second-order valence-corrected chi connectivity index (χ2v) is 8.16. The van der Waals surface area contributed by atoms with Gasteiger partial charge in [0.2, 0.25) is 0 Å². The van der Waals surface area contributed by atoms with Gasteiger partial charge < -0.3 is 14.8 Å². The van der Waals surface area contributed by atoms with E-state index >= 15 is 0 Å². The first-order chi connectivity index (χ1) is 12.1. The van der Waals surface area contributed by atoms with Crippen LogP contribution in [0.2, 0.25) is 0 Å². The van der Waals surface area contributed by atoms with E-state index in [4.69, 9.17) is 9.47 Å². The van der Waals surface area contributed by atoms with E-state index in [1.54, 1.807) is 18.4 Å². The molecule has 6 nitrogen and oxygen atoms in total. The second-order valence-electron chi connectivity index (χ2n) is 7.10. The molecule has 1 aromatic rings. The maximum absolute atomic E-state index is 12.6. The van der Waals surface area contributed by atoms with E-state index in [-0.39, 0.29) is 5.91 Å². The third-order valence-corrected chi connectivity index (χ3v) is 6.24. The molecule has 7 heteroatoms. The Morgan fingerprint density at radius 3 is 2.76 bits per heavy atom. The lowest BCUT2D eigenvalue weighted by Crippen LogP contribution is -2.52. The number of aromatic nitrogens is 1. The molecule has 0 atom stereocenters. The number of piperidine rings is 1. The molecule has 0 spiro atoms. The Kier molecular flexibility index (Phi) is 6.44. The molecule has 1 aromatic heterocycles. The lowest BCUT2D eigenvalue weighted by molar-refractivity contribution is -0.155. The molecule has 25 heavy (non-hydrogen) atoms. The summed E-state index contributed by atoms with van der Waals surface area (Å²) in [7, 11) is 1.63. The van der Waals surface area contributed by atoms with Crippen LogP contribution in [0.4, 0.5) is 0 Å². The first-order valence-corrected chi connectivity index (χ1v) is 10.0. The van der Waals surface area contributed by atoms with Crippen molar-refractivity contribution in [2.45, 2.75) is 44.8 Å². The number of hydrogen-bond acceptors (Lipinski definition) is 6. The number of rotatable bonds is 6. The van der Waals surface area contributed by atoms with Crippen molar-refractivity contribution in [3.63, 3.8) is 0 Å². The number of likely N-dealkylation sites (tertiary alicyclic amines) is 1. The lowest BCUT2D eigenvalue weighted by atomic mass is 9.92. The number of amides is 1. The van der Waals surface area contributed by atoms with Crippen LogP contribution in [0.15, 0.2) is 5.38 Å². The molecular formula is C18H29N3O3S. The van der Waals surface area contributed by atoms with Crippen LogP contribution in [0.25, 0.3) is 0 Å². The summed E-state index contributed by atoms with van der Waals surface area (Å²) in [5.74, 6) is 0.574. The maximum Gasteiger partial charge on any atom is 0.252 e. The number of ether oxygens (including phenoxy) is 2. The first kappa shape index (κ1) is 18.8. The average Bonchev–Trinajstić information content (AvgIpc) is 3.06. The molecule has 0 radical (unpaired) electrons. The number of hydrogen-bond donors (Lipinski definition) is 1. The SMILES string of the molecule is COC1(C(=O)NCC2CCN(Cc3csc(C)n3)CC2)CCOCC1. The van der Waals surface area contributed by atoms with Crippen LogP contribution in [-0.4, -0.2) is 61.3 Å². The van der Waals surface area contributed by atoms with Gasteiger partial charge in [-0.2, -0.15) is 0 Å². The van der Waals surface area contributed by atoms with Gasteiger partial charge in [0.05, 0.1) is 10.7 Å². The Hall–Kier alpha value is -1.02. The number of thiazole rings is 1.